The summed E-state index contributed by atoms with van der Waals surface area (Å²) in [5.74, 6) is 0.606. The molecule has 1 atom stereocenters. The van der Waals surface area contributed by atoms with E-state index < -0.39 is 0 Å². The average Bonchev–Trinajstić information content (AvgIpc) is 2.51. The summed E-state index contributed by atoms with van der Waals surface area (Å²) in [6, 6.07) is 18.5. The van der Waals surface area contributed by atoms with E-state index in [1.165, 1.54) is 11.1 Å². The number of benzene rings is 2. The fourth-order valence-corrected chi connectivity index (χ4v) is 2.76. The molecule has 2 N–H and O–H groups in total. The highest BCUT2D eigenvalue weighted by atomic mass is 16.1. The summed E-state index contributed by atoms with van der Waals surface area (Å²) in [5.41, 5.74) is 3.99. The molecule has 108 valence electrons. The van der Waals surface area contributed by atoms with Gasteiger partial charge in [0, 0.05) is 19.0 Å². The predicted molar refractivity (Wildman–Crippen MR) is 84.0 cm³/mol. The lowest BCUT2D eigenvalue weighted by Crippen LogP contribution is -2.37. The molecule has 1 aliphatic rings. The van der Waals surface area contributed by atoms with Gasteiger partial charge in [-0.15, -0.1) is 0 Å². The molecule has 1 amide bonds. The SMILES string of the molecule is O=C(CNCC1Cc2ccccc21)NCc1ccccc1. The summed E-state index contributed by atoms with van der Waals surface area (Å²) < 4.78 is 0. The number of fused-ring (bicyclic) bond motifs is 1. The molecule has 0 spiro atoms. The summed E-state index contributed by atoms with van der Waals surface area (Å²) in [4.78, 5) is 11.8. The monoisotopic (exact) mass is 280 g/mol. The molecule has 3 nitrogen and oxygen atoms in total. The maximum atomic E-state index is 11.8. The van der Waals surface area contributed by atoms with E-state index in [-0.39, 0.29) is 5.91 Å². The fourth-order valence-electron chi connectivity index (χ4n) is 2.76. The molecule has 0 aromatic heterocycles. The van der Waals surface area contributed by atoms with Crippen LogP contribution in [-0.4, -0.2) is 19.0 Å². The van der Waals surface area contributed by atoms with E-state index in [0.717, 1.165) is 18.5 Å². The summed E-state index contributed by atoms with van der Waals surface area (Å²) >= 11 is 0. The van der Waals surface area contributed by atoms with Crippen molar-refractivity contribution in [3.05, 3.63) is 71.3 Å². The van der Waals surface area contributed by atoms with Gasteiger partial charge in [-0.3, -0.25) is 4.79 Å². The number of carbonyl (C=O) groups excluding carboxylic acids is 1. The van der Waals surface area contributed by atoms with Gasteiger partial charge in [0.1, 0.15) is 0 Å². The minimum Gasteiger partial charge on any atom is -0.351 e. The van der Waals surface area contributed by atoms with Crippen LogP contribution in [-0.2, 0) is 17.8 Å². The molecule has 3 rings (SSSR count). The Morgan fingerprint density at radius 2 is 1.81 bits per heavy atom. The molecule has 21 heavy (non-hydrogen) atoms. The highest BCUT2D eigenvalue weighted by Gasteiger charge is 2.24. The fraction of sp³-hybridized carbons (Fsp3) is 0.278. The first-order chi connectivity index (χ1) is 10.3. The predicted octanol–water partition coefficient (Wildman–Crippen LogP) is 2.23. The number of carbonyl (C=O) groups is 1. The van der Waals surface area contributed by atoms with Gasteiger partial charge in [-0.1, -0.05) is 54.6 Å². The van der Waals surface area contributed by atoms with E-state index in [4.69, 9.17) is 0 Å². The van der Waals surface area contributed by atoms with Gasteiger partial charge < -0.3 is 10.6 Å². The van der Waals surface area contributed by atoms with Gasteiger partial charge in [-0.05, 0) is 23.1 Å². The van der Waals surface area contributed by atoms with Crippen LogP contribution in [0.1, 0.15) is 22.6 Å². The Balaban J connectivity index is 1.36. The quantitative estimate of drug-likeness (QED) is 0.852. The molecule has 3 heteroatoms. The molecule has 1 unspecified atom stereocenters. The third kappa shape index (κ3) is 3.50. The van der Waals surface area contributed by atoms with Crippen molar-refractivity contribution >= 4 is 5.91 Å². The second-order valence-corrected chi connectivity index (χ2v) is 5.49. The van der Waals surface area contributed by atoms with Crippen LogP contribution in [0.3, 0.4) is 0 Å². The smallest absolute Gasteiger partial charge is 0.234 e. The van der Waals surface area contributed by atoms with E-state index in [1.54, 1.807) is 0 Å². The van der Waals surface area contributed by atoms with Crippen LogP contribution < -0.4 is 10.6 Å². The van der Waals surface area contributed by atoms with E-state index in [0.29, 0.717) is 19.0 Å². The van der Waals surface area contributed by atoms with Crippen molar-refractivity contribution in [3.63, 3.8) is 0 Å². The molecule has 0 saturated carbocycles. The zero-order valence-corrected chi connectivity index (χ0v) is 12.0. The number of rotatable bonds is 6. The molecule has 0 fully saturated rings. The molecule has 0 radical (unpaired) electrons. The Kier molecular flexibility index (Phi) is 4.31. The maximum absolute atomic E-state index is 11.8. The van der Waals surface area contributed by atoms with E-state index in [9.17, 15) is 4.79 Å². The zero-order chi connectivity index (χ0) is 14.5. The molecule has 0 aliphatic heterocycles. The van der Waals surface area contributed by atoms with Crippen LogP contribution in [0.5, 0.6) is 0 Å². The number of hydrogen-bond donors (Lipinski definition) is 2. The van der Waals surface area contributed by atoms with Gasteiger partial charge in [-0.25, -0.2) is 0 Å². The largest absolute Gasteiger partial charge is 0.351 e. The minimum absolute atomic E-state index is 0.0476. The minimum atomic E-state index is 0.0476. The lowest BCUT2D eigenvalue weighted by atomic mass is 9.78. The van der Waals surface area contributed by atoms with Gasteiger partial charge in [0.15, 0.2) is 0 Å². The maximum Gasteiger partial charge on any atom is 0.234 e. The van der Waals surface area contributed by atoms with E-state index >= 15 is 0 Å². The number of hydrogen-bond acceptors (Lipinski definition) is 2. The lowest BCUT2D eigenvalue weighted by molar-refractivity contribution is -0.120. The Bertz CT molecular complexity index is 610. The van der Waals surface area contributed by atoms with Crippen molar-refractivity contribution in [1.29, 1.82) is 0 Å². The van der Waals surface area contributed by atoms with Crippen LogP contribution in [0.25, 0.3) is 0 Å². The van der Waals surface area contributed by atoms with Crippen LogP contribution >= 0.6 is 0 Å². The summed E-state index contributed by atoms with van der Waals surface area (Å²) in [5, 5.41) is 6.18. The summed E-state index contributed by atoms with van der Waals surface area (Å²) in [7, 11) is 0. The third-order valence-electron chi connectivity index (χ3n) is 3.97. The van der Waals surface area contributed by atoms with Crippen LogP contribution in [0, 0.1) is 0 Å². The molecule has 2 aromatic rings. The highest BCUT2D eigenvalue weighted by Crippen LogP contribution is 2.33. The third-order valence-corrected chi connectivity index (χ3v) is 3.97. The normalized spacial score (nSPS) is 15.9. The van der Waals surface area contributed by atoms with Crippen molar-refractivity contribution in [2.75, 3.05) is 13.1 Å². The molecular formula is C18H20N2O. The van der Waals surface area contributed by atoms with Gasteiger partial charge >= 0.3 is 0 Å². The van der Waals surface area contributed by atoms with Crippen molar-refractivity contribution in [1.82, 2.24) is 10.6 Å². The van der Waals surface area contributed by atoms with Crippen molar-refractivity contribution in [2.45, 2.75) is 18.9 Å². The molecule has 1 aliphatic carbocycles. The standard InChI is InChI=1S/C18H20N2O/c21-18(20-11-14-6-2-1-3-7-14)13-19-12-16-10-15-8-4-5-9-17(15)16/h1-9,16,19H,10-13H2,(H,20,21). The van der Waals surface area contributed by atoms with Crippen LogP contribution in [0.2, 0.25) is 0 Å². The Morgan fingerprint density at radius 3 is 2.62 bits per heavy atom. The van der Waals surface area contributed by atoms with E-state index in [1.807, 2.05) is 30.3 Å². The molecular weight excluding hydrogens is 260 g/mol. The first-order valence-electron chi connectivity index (χ1n) is 7.42. The zero-order valence-electron chi connectivity index (χ0n) is 12.0. The lowest BCUT2D eigenvalue weighted by Gasteiger charge is -2.30. The summed E-state index contributed by atoms with van der Waals surface area (Å²) in [6.07, 6.45) is 1.12. The van der Waals surface area contributed by atoms with Crippen LogP contribution in [0.15, 0.2) is 54.6 Å². The van der Waals surface area contributed by atoms with Crippen molar-refractivity contribution in [3.8, 4) is 0 Å². The first-order valence-corrected chi connectivity index (χ1v) is 7.42. The molecule has 2 aromatic carbocycles. The summed E-state index contributed by atoms with van der Waals surface area (Å²) in [6.45, 7) is 1.84. The van der Waals surface area contributed by atoms with Gasteiger partial charge in [0.2, 0.25) is 5.91 Å². The number of nitrogens with one attached hydrogen (secondary N) is 2. The van der Waals surface area contributed by atoms with E-state index in [2.05, 4.69) is 34.9 Å². The Labute approximate surface area is 125 Å². The van der Waals surface area contributed by atoms with Crippen LogP contribution in [0.4, 0.5) is 0 Å². The molecule has 0 saturated heterocycles. The first kappa shape index (κ1) is 13.8. The van der Waals surface area contributed by atoms with Crippen molar-refractivity contribution < 1.29 is 4.79 Å². The second-order valence-electron chi connectivity index (χ2n) is 5.49. The van der Waals surface area contributed by atoms with Gasteiger partial charge in [-0.2, -0.15) is 0 Å². The van der Waals surface area contributed by atoms with Gasteiger partial charge in [0.05, 0.1) is 6.54 Å². The number of amides is 1. The topological polar surface area (TPSA) is 41.1 Å². The Morgan fingerprint density at radius 1 is 1.05 bits per heavy atom. The highest BCUT2D eigenvalue weighted by molar-refractivity contribution is 5.77. The molecule has 0 heterocycles. The Hall–Kier alpha value is -2.13. The van der Waals surface area contributed by atoms with Crippen molar-refractivity contribution in [2.24, 2.45) is 0 Å². The second kappa shape index (κ2) is 6.55. The van der Waals surface area contributed by atoms with Gasteiger partial charge in [0.25, 0.3) is 0 Å². The average molecular weight is 280 g/mol. The molecule has 0 bridgehead atoms.